The van der Waals surface area contributed by atoms with E-state index in [0.717, 1.165) is 15.4 Å². The van der Waals surface area contributed by atoms with Crippen molar-refractivity contribution in [3.8, 4) is 0 Å². The highest BCUT2D eigenvalue weighted by Gasteiger charge is 2.29. The van der Waals surface area contributed by atoms with Gasteiger partial charge in [0.1, 0.15) is 6.04 Å². The lowest BCUT2D eigenvalue weighted by Crippen LogP contribution is -2.50. The second kappa shape index (κ2) is 10.1. The molecule has 0 saturated carbocycles. The van der Waals surface area contributed by atoms with Crippen molar-refractivity contribution in [2.24, 2.45) is 0 Å². The first-order valence-corrected chi connectivity index (χ1v) is 11.2. The zero-order chi connectivity index (χ0) is 22.5. The fourth-order valence-corrected chi connectivity index (χ4v) is 4.08. The van der Waals surface area contributed by atoms with Crippen molar-refractivity contribution in [1.82, 2.24) is 14.5 Å². The molecule has 0 aliphatic heterocycles. The van der Waals surface area contributed by atoms with Crippen LogP contribution in [0, 0.1) is 6.92 Å². The quantitative estimate of drug-likeness (QED) is 0.667. The van der Waals surface area contributed by atoms with Crippen molar-refractivity contribution >= 4 is 33.4 Å². The first kappa shape index (κ1) is 23.9. The summed E-state index contributed by atoms with van der Waals surface area (Å²) in [6.45, 7) is 3.34. The van der Waals surface area contributed by atoms with Crippen molar-refractivity contribution < 1.29 is 18.0 Å². The van der Waals surface area contributed by atoms with Crippen LogP contribution in [0.1, 0.15) is 18.1 Å². The van der Waals surface area contributed by atoms with Gasteiger partial charge in [-0.25, -0.2) is 8.42 Å². The van der Waals surface area contributed by atoms with Crippen LogP contribution >= 0.6 is 11.6 Å². The van der Waals surface area contributed by atoms with Gasteiger partial charge in [0.2, 0.25) is 21.8 Å². The molecule has 1 unspecified atom stereocenters. The van der Waals surface area contributed by atoms with Gasteiger partial charge in [-0.1, -0.05) is 41.4 Å². The monoisotopic (exact) mass is 451 g/mol. The molecule has 2 rings (SSSR count). The Morgan fingerprint density at radius 1 is 1.07 bits per heavy atom. The highest BCUT2D eigenvalue weighted by Crippen LogP contribution is 2.18. The summed E-state index contributed by atoms with van der Waals surface area (Å²) in [7, 11) is -1.07. The summed E-state index contributed by atoms with van der Waals surface area (Å²) in [5, 5.41) is 2.95. The standard InChI is InChI=1S/C21H26ClN3O4S/c1-15-5-7-17(8-6-15)13-25(16(2)21(27)23-3)20(26)14-24(4)30(28,29)19-11-9-18(22)10-12-19/h5-12,16H,13-14H2,1-4H3,(H,23,27). The van der Waals surface area contributed by atoms with E-state index in [1.807, 2.05) is 31.2 Å². The van der Waals surface area contributed by atoms with E-state index in [1.54, 1.807) is 6.92 Å². The van der Waals surface area contributed by atoms with Crippen LogP contribution in [0.25, 0.3) is 0 Å². The summed E-state index contributed by atoms with van der Waals surface area (Å²) in [5.41, 5.74) is 1.91. The molecule has 162 valence electrons. The van der Waals surface area contributed by atoms with Crippen molar-refractivity contribution in [3.63, 3.8) is 0 Å². The van der Waals surface area contributed by atoms with Crippen LogP contribution in [-0.4, -0.2) is 56.1 Å². The number of hydrogen-bond donors (Lipinski definition) is 1. The highest BCUT2D eigenvalue weighted by atomic mass is 35.5. The second-order valence-electron chi connectivity index (χ2n) is 7.01. The van der Waals surface area contributed by atoms with Gasteiger partial charge in [0.05, 0.1) is 11.4 Å². The Bertz CT molecular complexity index is 992. The number of benzene rings is 2. The molecular formula is C21H26ClN3O4S. The molecule has 0 spiro atoms. The molecule has 0 aliphatic carbocycles. The number of rotatable bonds is 8. The topological polar surface area (TPSA) is 86.8 Å². The van der Waals surface area contributed by atoms with E-state index < -0.39 is 28.5 Å². The average Bonchev–Trinajstić information content (AvgIpc) is 2.72. The van der Waals surface area contributed by atoms with Crippen LogP contribution in [-0.2, 0) is 26.2 Å². The summed E-state index contributed by atoms with van der Waals surface area (Å²) in [4.78, 5) is 26.6. The largest absolute Gasteiger partial charge is 0.357 e. The third-order valence-corrected chi connectivity index (χ3v) is 6.84. The van der Waals surface area contributed by atoms with E-state index in [4.69, 9.17) is 11.6 Å². The number of sulfonamides is 1. The van der Waals surface area contributed by atoms with Crippen LogP contribution in [0.3, 0.4) is 0 Å². The molecule has 0 aromatic heterocycles. The predicted molar refractivity (Wildman–Crippen MR) is 117 cm³/mol. The zero-order valence-electron chi connectivity index (χ0n) is 17.4. The zero-order valence-corrected chi connectivity index (χ0v) is 19.0. The smallest absolute Gasteiger partial charge is 0.243 e. The predicted octanol–water partition coefficient (Wildman–Crippen LogP) is 2.43. The van der Waals surface area contributed by atoms with E-state index >= 15 is 0 Å². The summed E-state index contributed by atoms with van der Waals surface area (Å²) in [6, 6.07) is 12.5. The van der Waals surface area contributed by atoms with Crippen molar-refractivity contribution in [2.75, 3.05) is 20.6 Å². The van der Waals surface area contributed by atoms with Gasteiger partial charge in [-0.2, -0.15) is 4.31 Å². The molecular weight excluding hydrogens is 426 g/mol. The molecule has 30 heavy (non-hydrogen) atoms. The van der Waals surface area contributed by atoms with E-state index in [2.05, 4.69) is 5.32 Å². The van der Waals surface area contributed by atoms with Gasteiger partial charge < -0.3 is 10.2 Å². The Hall–Kier alpha value is -2.42. The molecule has 2 aromatic carbocycles. The molecule has 1 N–H and O–H groups in total. The van der Waals surface area contributed by atoms with Gasteiger partial charge in [-0.3, -0.25) is 9.59 Å². The molecule has 2 aromatic rings. The van der Waals surface area contributed by atoms with Crippen LogP contribution < -0.4 is 5.32 Å². The Balaban J connectivity index is 2.24. The van der Waals surface area contributed by atoms with E-state index in [9.17, 15) is 18.0 Å². The normalized spacial score (nSPS) is 12.5. The Labute approximate surface area is 182 Å². The highest BCUT2D eigenvalue weighted by molar-refractivity contribution is 7.89. The molecule has 0 heterocycles. The number of likely N-dealkylation sites (N-methyl/N-ethyl adjacent to an activating group) is 2. The lowest BCUT2D eigenvalue weighted by Gasteiger charge is -2.30. The number of halogens is 1. The van der Waals surface area contributed by atoms with Gasteiger partial charge in [0.25, 0.3) is 0 Å². The fraction of sp³-hybridized carbons (Fsp3) is 0.333. The third kappa shape index (κ3) is 5.81. The van der Waals surface area contributed by atoms with Gasteiger partial charge in [-0.05, 0) is 43.7 Å². The van der Waals surface area contributed by atoms with Gasteiger partial charge in [0.15, 0.2) is 0 Å². The maximum absolute atomic E-state index is 13.0. The second-order valence-corrected chi connectivity index (χ2v) is 9.49. The molecule has 2 amide bonds. The van der Waals surface area contributed by atoms with E-state index in [-0.39, 0.29) is 17.3 Å². The average molecular weight is 452 g/mol. The Kier molecular flexibility index (Phi) is 8.00. The van der Waals surface area contributed by atoms with Crippen molar-refractivity contribution in [3.05, 3.63) is 64.7 Å². The maximum atomic E-state index is 13.0. The number of hydrogen-bond acceptors (Lipinski definition) is 4. The minimum atomic E-state index is -3.89. The van der Waals surface area contributed by atoms with Crippen molar-refractivity contribution in [2.45, 2.75) is 31.3 Å². The van der Waals surface area contributed by atoms with E-state index in [0.29, 0.717) is 5.02 Å². The number of carbonyl (C=O) groups excluding carboxylic acids is 2. The maximum Gasteiger partial charge on any atom is 0.243 e. The molecule has 0 bridgehead atoms. The molecule has 0 radical (unpaired) electrons. The van der Waals surface area contributed by atoms with Gasteiger partial charge >= 0.3 is 0 Å². The lowest BCUT2D eigenvalue weighted by molar-refractivity contribution is -0.140. The van der Waals surface area contributed by atoms with E-state index in [1.165, 1.54) is 43.3 Å². The van der Waals surface area contributed by atoms with Gasteiger partial charge in [-0.15, -0.1) is 0 Å². The SMILES string of the molecule is CNC(=O)C(C)N(Cc1ccc(C)cc1)C(=O)CN(C)S(=O)(=O)c1ccc(Cl)cc1. The number of amides is 2. The molecule has 0 saturated heterocycles. The van der Waals surface area contributed by atoms with Gasteiger partial charge in [0, 0.05) is 25.7 Å². The number of carbonyl (C=O) groups is 2. The number of nitrogens with zero attached hydrogens (tertiary/aromatic N) is 2. The third-order valence-electron chi connectivity index (χ3n) is 4.77. The van der Waals surface area contributed by atoms with Crippen LogP contribution in [0.2, 0.25) is 5.02 Å². The molecule has 1 atom stereocenters. The first-order valence-electron chi connectivity index (χ1n) is 9.34. The molecule has 7 nitrogen and oxygen atoms in total. The summed E-state index contributed by atoms with van der Waals surface area (Å²) < 4.78 is 26.5. The molecule has 0 fully saturated rings. The Morgan fingerprint density at radius 2 is 1.63 bits per heavy atom. The van der Waals surface area contributed by atoms with Crippen LogP contribution in [0.15, 0.2) is 53.4 Å². The minimum absolute atomic E-state index is 0.0339. The number of aryl methyl sites for hydroxylation is 1. The van der Waals surface area contributed by atoms with Crippen LogP contribution in [0.4, 0.5) is 0 Å². The van der Waals surface area contributed by atoms with Crippen LogP contribution in [0.5, 0.6) is 0 Å². The molecule has 0 aliphatic rings. The fourth-order valence-electron chi connectivity index (χ4n) is 2.83. The summed E-state index contributed by atoms with van der Waals surface area (Å²) in [6.07, 6.45) is 0. The lowest BCUT2D eigenvalue weighted by atomic mass is 10.1. The summed E-state index contributed by atoms with van der Waals surface area (Å²) in [5.74, 6) is -0.814. The Morgan fingerprint density at radius 3 is 2.17 bits per heavy atom. The first-order chi connectivity index (χ1) is 14.1. The number of nitrogens with one attached hydrogen (secondary N) is 1. The minimum Gasteiger partial charge on any atom is -0.357 e. The van der Waals surface area contributed by atoms with Crippen molar-refractivity contribution in [1.29, 1.82) is 0 Å². The molecule has 9 heteroatoms. The summed E-state index contributed by atoms with van der Waals surface area (Å²) >= 11 is 5.83.